The number of carbonyl (C=O) groups is 2. The summed E-state index contributed by atoms with van der Waals surface area (Å²) in [5.41, 5.74) is 2.96. The van der Waals surface area contributed by atoms with Gasteiger partial charge in [0, 0.05) is 16.5 Å². The average molecular weight is 334 g/mol. The Morgan fingerprint density at radius 3 is 2.50 bits per heavy atom. The molecule has 1 aliphatic carbocycles. The van der Waals surface area contributed by atoms with Crippen LogP contribution in [0.25, 0.3) is 0 Å². The highest BCUT2D eigenvalue weighted by atomic mass is 79.9. The van der Waals surface area contributed by atoms with E-state index in [1.807, 2.05) is 24.3 Å². The van der Waals surface area contributed by atoms with Gasteiger partial charge in [0.25, 0.3) is 5.91 Å². The third-order valence-corrected chi connectivity index (χ3v) is 4.53. The van der Waals surface area contributed by atoms with Gasteiger partial charge in [0.05, 0.1) is 6.54 Å². The summed E-state index contributed by atoms with van der Waals surface area (Å²) >= 11 is 3.39. The number of hydrogen-bond donors (Lipinski definition) is 0. The summed E-state index contributed by atoms with van der Waals surface area (Å²) in [5, 5.41) is 0. The van der Waals surface area contributed by atoms with Gasteiger partial charge in [-0.1, -0.05) is 33.6 Å². The van der Waals surface area contributed by atoms with Gasteiger partial charge in [-0.25, -0.2) is 0 Å². The molecule has 104 valence electrons. The summed E-state index contributed by atoms with van der Waals surface area (Å²) in [6.07, 6.45) is 4.34. The topological polar surface area (TPSA) is 37.4 Å². The molecule has 0 unspecified atom stereocenters. The number of rotatable bonds is 2. The first kappa shape index (κ1) is 13.6. The van der Waals surface area contributed by atoms with Crippen LogP contribution in [0, 0.1) is 0 Å². The Morgan fingerprint density at radius 1 is 1.05 bits per heavy atom. The first-order valence-corrected chi connectivity index (χ1v) is 7.74. The zero-order chi connectivity index (χ0) is 14.1. The van der Waals surface area contributed by atoms with Gasteiger partial charge in [-0.15, -0.1) is 0 Å². The third-order valence-electron chi connectivity index (χ3n) is 4.01. The van der Waals surface area contributed by atoms with Crippen LogP contribution in [0.2, 0.25) is 0 Å². The number of benzene rings is 1. The molecule has 20 heavy (non-hydrogen) atoms. The fraction of sp³-hybridized carbons (Fsp3) is 0.375. The molecule has 0 fully saturated rings. The fourth-order valence-electron chi connectivity index (χ4n) is 2.91. The van der Waals surface area contributed by atoms with Gasteiger partial charge in [-0.2, -0.15) is 0 Å². The first-order valence-electron chi connectivity index (χ1n) is 6.95. The molecule has 0 aromatic heterocycles. The van der Waals surface area contributed by atoms with Crippen molar-refractivity contribution < 1.29 is 9.59 Å². The summed E-state index contributed by atoms with van der Waals surface area (Å²) in [5.74, 6) is -0.127. The van der Waals surface area contributed by atoms with Crippen LogP contribution in [-0.4, -0.2) is 16.7 Å². The van der Waals surface area contributed by atoms with Crippen molar-refractivity contribution in [1.29, 1.82) is 0 Å². The van der Waals surface area contributed by atoms with Crippen molar-refractivity contribution in [2.45, 2.75) is 38.6 Å². The highest BCUT2D eigenvalue weighted by Gasteiger charge is 2.33. The van der Waals surface area contributed by atoms with Crippen LogP contribution in [0.3, 0.4) is 0 Å². The van der Waals surface area contributed by atoms with E-state index in [1.54, 1.807) is 0 Å². The second kappa shape index (κ2) is 5.52. The molecule has 2 amide bonds. The van der Waals surface area contributed by atoms with Crippen LogP contribution in [-0.2, 0) is 16.1 Å². The molecule has 1 aliphatic heterocycles. The van der Waals surface area contributed by atoms with E-state index < -0.39 is 0 Å². The SMILES string of the molecule is O=C1CC2=C(CCCC2)C(=O)N1Cc1ccc(Br)cc1. The van der Waals surface area contributed by atoms with Crippen molar-refractivity contribution in [3.63, 3.8) is 0 Å². The minimum Gasteiger partial charge on any atom is -0.274 e. The fourth-order valence-corrected chi connectivity index (χ4v) is 3.17. The van der Waals surface area contributed by atoms with Gasteiger partial charge in [0.1, 0.15) is 0 Å². The molecule has 4 heteroatoms. The van der Waals surface area contributed by atoms with E-state index in [0.29, 0.717) is 13.0 Å². The molecule has 1 aromatic rings. The Kier molecular flexibility index (Phi) is 3.74. The van der Waals surface area contributed by atoms with Gasteiger partial charge in [-0.3, -0.25) is 14.5 Å². The van der Waals surface area contributed by atoms with Gasteiger partial charge in [0.2, 0.25) is 5.91 Å². The summed E-state index contributed by atoms with van der Waals surface area (Å²) in [7, 11) is 0. The molecular formula is C16H16BrNO2. The monoisotopic (exact) mass is 333 g/mol. The van der Waals surface area contributed by atoms with E-state index in [0.717, 1.165) is 46.9 Å². The molecule has 3 nitrogen and oxygen atoms in total. The van der Waals surface area contributed by atoms with Crippen LogP contribution in [0.15, 0.2) is 39.9 Å². The lowest BCUT2D eigenvalue weighted by Crippen LogP contribution is -2.41. The molecule has 0 N–H and O–H groups in total. The third kappa shape index (κ3) is 2.57. The van der Waals surface area contributed by atoms with Crippen LogP contribution in [0.1, 0.15) is 37.7 Å². The van der Waals surface area contributed by atoms with Gasteiger partial charge in [0.15, 0.2) is 0 Å². The van der Waals surface area contributed by atoms with Crippen molar-refractivity contribution in [3.8, 4) is 0 Å². The maximum Gasteiger partial charge on any atom is 0.256 e. The highest BCUT2D eigenvalue weighted by Crippen LogP contribution is 2.33. The summed E-state index contributed by atoms with van der Waals surface area (Å²) < 4.78 is 0.995. The van der Waals surface area contributed by atoms with Gasteiger partial charge in [-0.05, 0) is 43.4 Å². The Labute approximate surface area is 126 Å². The van der Waals surface area contributed by atoms with E-state index in [9.17, 15) is 9.59 Å². The van der Waals surface area contributed by atoms with Gasteiger partial charge < -0.3 is 0 Å². The zero-order valence-electron chi connectivity index (χ0n) is 11.2. The molecule has 0 saturated heterocycles. The molecule has 0 bridgehead atoms. The van der Waals surface area contributed by atoms with Crippen molar-refractivity contribution in [2.24, 2.45) is 0 Å². The standard InChI is InChI=1S/C16H16BrNO2/c17-13-7-5-11(6-8-13)10-18-15(19)9-12-3-1-2-4-14(12)16(18)20/h5-8H,1-4,9-10H2. The number of hydrogen-bond acceptors (Lipinski definition) is 2. The van der Waals surface area contributed by atoms with Crippen LogP contribution >= 0.6 is 15.9 Å². The number of halogens is 1. The van der Waals surface area contributed by atoms with Gasteiger partial charge >= 0.3 is 0 Å². The van der Waals surface area contributed by atoms with E-state index >= 15 is 0 Å². The lowest BCUT2D eigenvalue weighted by Gasteiger charge is -2.31. The lowest BCUT2D eigenvalue weighted by molar-refractivity contribution is -0.144. The Balaban J connectivity index is 1.83. The van der Waals surface area contributed by atoms with Crippen molar-refractivity contribution in [3.05, 3.63) is 45.4 Å². The molecule has 0 spiro atoms. The van der Waals surface area contributed by atoms with Crippen molar-refractivity contribution in [1.82, 2.24) is 4.90 Å². The van der Waals surface area contributed by atoms with E-state index in [4.69, 9.17) is 0 Å². The molecule has 3 rings (SSSR count). The van der Waals surface area contributed by atoms with Crippen LogP contribution < -0.4 is 0 Å². The summed E-state index contributed by atoms with van der Waals surface area (Å²) in [6.45, 7) is 0.377. The molecule has 2 aliphatic rings. The maximum absolute atomic E-state index is 12.5. The summed E-state index contributed by atoms with van der Waals surface area (Å²) in [4.78, 5) is 26.1. The smallest absolute Gasteiger partial charge is 0.256 e. The number of amides is 2. The predicted molar refractivity (Wildman–Crippen MR) is 79.8 cm³/mol. The number of nitrogens with zero attached hydrogens (tertiary/aromatic N) is 1. The lowest BCUT2D eigenvalue weighted by atomic mass is 9.86. The summed E-state index contributed by atoms with van der Waals surface area (Å²) in [6, 6.07) is 7.74. The molecule has 1 aromatic carbocycles. The largest absolute Gasteiger partial charge is 0.274 e. The number of carbonyl (C=O) groups excluding carboxylic acids is 2. The number of imide groups is 1. The minimum absolute atomic E-state index is 0.0569. The Morgan fingerprint density at radius 2 is 1.75 bits per heavy atom. The second-order valence-corrected chi connectivity index (χ2v) is 6.29. The molecule has 0 saturated carbocycles. The van der Waals surface area contributed by atoms with E-state index in [2.05, 4.69) is 15.9 Å². The Hall–Kier alpha value is -1.42. The Bertz CT molecular complexity index is 589. The highest BCUT2D eigenvalue weighted by molar-refractivity contribution is 9.10. The molecule has 1 heterocycles. The van der Waals surface area contributed by atoms with Crippen molar-refractivity contribution >= 4 is 27.7 Å². The maximum atomic E-state index is 12.5. The van der Waals surface area contributed by atoms with E-state index in [1.165, 1.54) is 4.90 Å². The predicted octanol–water partition coefficient (Wildman–Crippen LogP) is 3.58. The molecule has 0 atom stereocenters. The average Bonchev–Trinajstić information content (AvgIpc) is 2.45. The minimum atomic E-state index is -0.0705. The van der Waals surface area contributed by atoms with Crippen molar-refractivity contribution in [2.75, 3.05) is 0 Å². The zero-order valence-corrected chi connectivity index (χ0v) is 12.8. The molecular weight excluding hydrogens is 318 g/mol. The van der Waals surface area contributed by atoms with E-state index in [-0.39, 0.29) is 11.8 Å². The quantitative estimate of drug-likeness (QED) is 0.776. The van der Waals surface area contributed by atoms with Crippen LogP contribution in [0.4, 0.5) is 0 Å². The van der Waals surface area contributed by atoms with Crippen LogP contribution in [0.5, 0.6) is 0 Å². The normalized spacial score (nSPS) is 19.4. The second-order valence-electron chi connectivity index (χ2n) is 5.38. The molecule has 0 radical (unpaired) electrons. The first-order chi connectivity index (χ1) is 9.65.